The van der Waals surface area contributed by atoms with Crippen molar-refractivity contribution in [2.75, 3.05) is 0 Å². The molecular formula is Ba2Nd2O15Zr5. The first-order valence-corrected chi connectivity index (χ1v) is 18.1. The van der Waals surface area contributed by atoms with Gasteiger partial charge in [-0.15, -0.1) is 0 Å². The molecule has 0 fully saturated rings. The Morgan fingerprint density at radius 3 is 0.333 bits per heavy atom. The molecule has 0 bridgehead atoms. The van der Waals surface area contributed by atoms with E-state index in [4.69, 9.17) is 45.9 Å². The zero-order chi connectivity index (χ0) is 17.9. The van der Waals surface area contributed by atoms with Crippen LogP contribution in [0.5, 0.6) is 0 Å². The summed E-state index contributed by atoms with van der Waals surface area (Å²) < 4.78 is 129. The molecule has 0 saturated carbocycles. The van der Waals surface area contributed by atoms with E-state index >= 15 is 0 Å². The molecule has 0 atom stereocenters. The van der Waals surface area contributed by atoms with Crippen LogP contribution < -0.4 is 31.8 Å². The van der Waals surface area contributed by atoms with Crippen molar-refractivity contribution in [1.29, 1.82) is 0 Å². The molecule has 0 saturated heterocycles. The van der Waals surface area contributed by atoms with Gasteiger partial charge in [0.15, 0.2) is 0 Å². The van der Waals surface area contributed by atoms with Gasteiger partial charge in [0.25, 0.3) is 0 Å². The van der Waals surface area contributed by atoms with E-state index < -0.39 is 113 Å². The Hall–Kier alpha value is 8.86. The fourth-order valence-electron chi connectivity index (χ4n) is 0. The van der Waals surface area contributed by atoms with E-state index in [0.717, 1.165) is 0 Å². The van der Waals surface area contributed by atoms with Gasteiger partial charge in [-0.25, -0.2) is 0 Å². The summed E-state index contributed by atoms with van der Waals surface area (Å²) in [5, 5.41) is 0. The molecule has 0 N–H and O–H groups in total. The third-order valence-electron chi connectivity index (χ3n) is 0. The van der Waals surface area contributed by atoms with Crippen LogP contribution in [0, 0.1) is 81.7 Å². The molecule has 15 nitrogen and oxygen atoms in total. The minimum atomic E-state index is -4.29. The van der Waals surface area contributed by atoms with Crippen molar-refractivity contribution < 1.29 is 241 Å². The van der Waals surface area contributed by atoms with E-state index in [-0.39, 0.29) is 179 Å². The summed E-state index contributed by atoms with van der Waals surface area (Å²) in [6.07, 6.45) is 0. The Kier molecular flexibility index (Phi) is 130. The second kappa shape index (κ2) is 53.3. The minimum absolute atomic E-state index is 0. The van der Waals surface area contributed by atoms with Crippen LogP contribution in [0.25, 0.3) is 0 Å². The Bertz CT molecular complexity index is 221. The molecule has 0 amide bonds. The molecule has 0 aliphatic carbocycles. The summed E-state index contributed by atoms with van der Waals surface area (Å²) >= 11 is -21.5. The van der Waals surface area contributed by atoms with E-state index in [9.17, 15) is 0 Å². The summed E-state index contributed by atoms with van der Waals surface area (Å²) in [7, 11) is 0. The Morgan fingerprint density at radius 1 is 0.333 bits per heavy atom. The molecule has 0 rings (SSSR count). The second-order valence-corrected chi connectivity index (χ2v) is 7.40. The van der Waals surface area contributed by atoms with Crippen LogP contribution in [0.15, 0.2) is 0 Å². The average molecular weight is 1260 g/mol. The van der Waals surface area contributed by atoms with Gasteiger partial charge in [0.1, 0.15) is 0 Å². The standard InChI is InChI=1S/2Ba.2Nd.15O.5Zr/q2*+2;2*+3;;;;;;10*-1;;;;;. The van der Waals surface area contributed by atoms with Gasteiger partial charge in [0.2, 0.25) is 0 Å². The summed E-state index contributed by atoms with van der Waals surface area (Å²) in [5.41, 5.74) is 0. The second-order valence-electron chi connectivity index (χ2n) is 1.25. The van der Waals surface area contributed by atoms with Crippen LogP contribution in [0.1, 0.15) is 0 Å². The van der Waals surface area contributed by atoms with Crippen molar-refractivity contribution in [2.45, 2.75) is 0 Å². The van der Waals surface area contributed by atoms with Gasteiger partial charge in [-0.2, -0.15) is 0 Å². The van der Waals surface area contributed by atoms with Gasteiger partial charge in [0, 0.05) is 0 Å². The normalized spacial score (nSPS) is 5.42. The molecule has 2 radical (unpaired) electrons. The Morgan fingerprint density at radius 2 is 0.333 bits per heavy atom. The van der Waals surface area contributed by atoms with Crippen molar-refractivity contribution >= 4 is 97.8 Å². The van der Waals surface area contributed by atoms with E-state index in [0.29, 0.717) is 0 Å². The first kappa shape index (κ1) is 58.6. The molecule has 0 aromatic carbocycles. The van der Waals surface area contributed by atoms with Gasteiger partial charge in [0.05, 0.1) is 0 Å². The molecule has 122 valence electrons. The van der Waals surface area contributed by atoms with Crippen molar-refractivity contribution in [2.24, 2.45) is 0 Å². The van der Waals surface area contributed by atoms with Gasteiger partial charge in [-0.3, -0.25) is 0 Å². The molecular weight excluding hydrogens is 1260 g/mol. The van der Waals surface area contributed by atoms with Gasteiger partial charge in [-0.1, -0.05) is 0 Å². The fourth-order valence-corrected chi connectivity index (χ4v) is 0. The van der Waals surface area contributed by atoms with Crippen LogP contribution in [-0.2, 0) is 127 Å². The van der Waals surface area contributed by atoms with E-state index in [2.05, 4.69) is 0 Å². The van der Waals surface area contributed by atoms with Crippen LogP contribution in [0.2, 0.25) is 0 Å². The fraction of sp³-hybridized carbons (Fsp3) is 0. The first-order valence-electron chi connectivity index (χ1n) is 3.06. The molecule has 0 spiro atoms. The molecule has 0 aromatic rings. The zero-order valence-electron chi connectivity index (χ0n) is 11.0. The van der Waals surface area contributed by atoms with Gasteiger partial charge in [-0.05, 0) is 0 Å². The average Bonchev–Trinajstić information content (AvgIpc) is 1.94. The number of rotatable bonds is 0. The van der Waals surface area contributed by atoms with Crippen molar-refractivity contribution in [3.8, 4) is 0 Å². The topological polar surface area (TPSA) is 316 Å². The first-order chi connectivity index (χ1) is 8.66. The zero-order valence-corrected chi connectivity index (χ0v) is 38.6. The maximum absolute atomic E-state index is 8.61. The molecule has 24 heteroatoms. The van der Waals surface area contributed by atoms with Crippen molar-refractivity contribution in [3.05, 3.63) is 0 Å². The predicted molar refractivity (Wildman–Crippen MR) is 14.9 cm³/mol. The van der Waals surface area contributed by atoms with Crippen molar-refractivity contribution in [1.82, 2.24) is 0 Å². The third-order valence-corrected chi connectivity index (χ3v) is 0. The number of hydrogen-bond donors (Lipinski definition) is 0. The van der Waals surface area contributed by atoms with Crippen molar-refractivity contribution in [3.63, 3.8) is 0 Å². The summed E-state index contributed by atoms with van der Waals surface area (Å²) in [4.78, 5) is 0. The van der Waals surface area contributed by atoms with Crippen LogP contribution >= 0.6 is 0 Å². The molecule has 0 heterocycles. The molecule has 0 aliphatic rings. The summed E-state index contributed by atoms with van der Waals surface area (Å²) in [6, 6.07) is 0. The van der Waals surface area contributed by atoms with Crippen LogP contribution in [0.3, 0.4) is 0 Å². The molecule has 0 aliphatic heterocycles. The molecule has 0 aromatic heterocycles. The predicted octanol–water partition coefficient (Wildman–Crippen LogP) is -13.3. The van der Waals surface area contributed by atoms with E-state index in [1.54, 1.807) is 0 Å². The van der Waals surface area contributed by atoms with E-state index in [1.165, 1.54) is 0 Å². The maximum atomic E-state index is 8.61. The van der Waals surface area contributed by atoms with Gasteiger partial charge < -0.3 is 0 Å². The summed E-state index contributed by atoms with van der Waals surface area (Å²) in [5.74, 6) is 0. The third kappa shape index (κ3) is 351. The monoisotopic (exact) mass is 1250 g/mol. The van der Waals surface area contributed by atoms with Gasteiger partial charge >= 0.3 is 339 Å². The quantitative estimate of drug-likeness (QED) is 0.204. The summed E-state index contributed by atoms with van der Waals surface area (Å²) in [6.45, 7) is 0. The SMILES string of the molecule is [Ba+2].[Ba+2].[Nd+3].[Nd+3].[O]=[Zr]([O-])[O-].[O]=[Zr]([O-])[O-].[O]=[Zr]([O-])[O-].[O]=[Zr]([O-])[O-].[O]=[Zr]([O-])[O-]. The Labute approximate surface area is 327 Å². The van der Waals surface area contributed by atoms with Crippen LogP contribution in [-0.4, -0.2) is 97.8 Å². The molecule has 0 unspecified atom stereocenters. The van der Waals surface area contributed by atoms with Crippen LogP contribution in [0.4, 0.5) is 0 Å². The van der Waals surface area contributed by atoms with E-state index in [1.807, 2.05) is 0 Å². The Balaban J connectivity index is -0.0000000161. The number of hydrogen-bond acceptors (Lipinski definition) is 15. The molecule has 24 heavy (non-hydrogen) atoms.